The van der Waals surface area contributed by atoms with E-state index in [1.165, 1.54) is 0 Å². The Bertz CT molecular complexity index is 150. The van der Waals surface area contributed by atoms with Crippen molar-refractivity contribution in [3.05, 3.63) is 0 Å². The number of hydrogen-bond acceptors (Lipinski definition) is 4. The standard InChI is InChI=1S/C11H24N2O2/c1-3-14-9-7-13(2)6-4-11-10-12-5-8-15-11/h11-12H,3-10H2,1-2H3. The van der Waals surface area contributed by atoms with Gasteiger partial charge in [0.05, 0.1) is 19.3 Å². The molecule has 1 atom stereocenters. The molecular formula is C11H24N2O2. The third kappa shape index (κ3) is 6.10. The molecular weight excluding hydrogens is 192 g/mol. The Kier molecular flexibility index (Phi) is 6.92. The molecule has 1 aliphatic heterocycles. The molecule has 0 amide bonds. The zero-order chi connectivity index (χ0) is 10.9. The second-order valence-electron chi connectivity index (χ2n) is 3.99. The van der Waals surface area contributed by atoms with E-state index in [1.807, 2.05) is 6.92 Å². The van der Waals surface area contributed by atoms with Crippen molar-refractivity contribution >= 4 is 0 Å². The highest BCUT2D eigenvalue weighted by molar-refractivity contribution is 4.68. The van der Waals surface area contributed by atoms with Gasteiger partial charge < -0.3 is 19.7 Å². The van der Waals surface area contributed by atoms with Crippen LogP contribution >= 0.6 is 0 Å². The molecule has 1 aliphatic rings. The van der Waals surface area contributed by atoms with Crippen molar-refractivity contribution in [2.75, 3.05) is 53.0 Å². The Hall–Kier alpha value is -0.160. The Balaban J connectivity index is 1.97. The molecule has 90 valence electrons. The van der Waals surface area contributed by atoms with Gasteiger partial charge in [0, 0.05) is 32.8 Å². The van der Waals surface area contributed by atoms with Crippen molar-refractivity contribution in [2.24, 2.45) is 0 Å². The first-order valence-electron chi connectivity index (χ1n) is 5.91. The van der Waals surface area contributed by atoms with E-state index in [2.05, 4.69) is 17.3 Å². The van der Waals surface area contributed by atoms with Crippen molar-refractivity contribution in [1.29, 1.82) is 0 Å². The lowest BCUT2D eigenvalue weighted by molar-refractivity contribution is 0.0171. The van der Waals surface area contributed by atoms with Gasteiger partial charge in [-0.2, -0.15) is 0 Å². The van der Waals surface area contributed by atoms with E-state index in [-0.39, 0.29) is 0 Å². The number of morpholine rings is 1. The molecule has 1 N–H and O–H groups in total. The summed E-state index contributed by atoms with van der Waals surface area (Å²) in [4.78, 5) is 2.30. The van der Waals surface area contributed by atoms with Gasteiger partial charge in [-0.1, -0.05) is 0 Å². The molecule has 1 heterocycles. The van der Waals surface area contributed by atoms with Crippen LogP contribution in [0.2, 0.25) is 0 Å². The quantitative estimate of drug-likeness (QED) is 0.622. The summed E-state index contributed by atoms with van der Waals surface area (Å²) in [6.45, 7) is 8.61. The van der Waals surface area contributed by atoms with Crippen LogP contribution in [0.1, 0.15) is 13.3 Å². The summed E-state index contributed by atoms with van der Waals surface area (Å²) in [7, 11) is 2.13. The van der Waals surface area contributed by atoms with Gasteiger partial charge >= 0.3 is 0 Å². The van der Waals surface area contributed by atoms with Crippen molar-refractivity contribution in [2.45, 2.75) is 19.4 Å². The average molecular weight is 216 g/mol. The highest BCUT2D eigenvalue weighted by atomic mass is 16.5. The highest BCUT2D eigenvalue weighted by Gasteiger charge is 2.13. The zero-order valence-corrected chi connectivity index (χ0v) is 10.00. The number of nitrogens with one attached hydrogen (secondary N) is 1. The first kappa shape index (κ1) is 12.9. The normalized spacial score (nSPS) is 22.2. The van der Waals surface area contributed by atoms with Crippen LogP contribution < -0.4 is 5.32 Å². The molecule has 0 aromatic heterocycles. The van der Waals surface area contributed by atoms with Gasteiger partial charge in [0.2, 0.25) is 0 Å². The summed E-state index contributed by atoms with van der Waals surface area (Å²) in [6, 6.07) is 0. The van der Waals surface area contributed by atoms with E-state index in [0.29, 0.717) is 6.10 Å². The van der Waals surface area contributed by atoms with Crippen LogP contribution in [0.3, 0.4) is 0 Å². The lowest BCUT2D eigenvalue weighted by Crippen LogP contribution is -2.40. The van der Waals surface area contributed by atoms with Gasteiger partial charge in [-0.3, -0.25) is 0 Å². The van der Waals surface area contributed by atoms with Crippen molar-refractivity contribution < 1.29 is 9.47 Å². The number of hydrogen-bond donors (Lipinski definition) is 1. The first-order chi connectivity index (χ1) is 7.33. The summed E-state index contributed by atoms with van der Waals surface area (Å²) >= 11 is 0. The SMILES string of the molecule is CCOCCN(C)CCC1CNCCO1. The Morgan fingerprint density at radius 2 is 2.33 bits per heavy atom. The Morgan fingerprint density at radius 1 is 1.47 bits per heavy atom. The maximum atomic E-state index is 5.63. The van der Waals surface area contributed by atoms with Crippen LogP contribution in [0.25, 0.3) is 0 Å². The fraction of sp³-hybridized carbons (Fsp3) is 1.00. The van der Waals surface area contributed by atoms with Crippen LogP contribution in [-0.2, 0) is 9.47 Å². The van der Waals surface area contributed by atoms with E-state index in [0.717, 1.165) is 52.4 Å². The monoisotopic (exact) mass is 216 g/mol. The molecule has 1 unspecified atom stereocenters. The minimum atomic E-state index is 0.397. The molecule has 4 heteroatoms. The molecule has 0 aromatic rings. The van der Waals surface area contributed by atoms with Crippen molar-refractivity contribution in [3.8, 4) is 0 Å². The van der Waals surface area contributed by atoms with Gasteiger partial charge in [0.15, 0.2) is 0 Å². The van der Waals surface area contributed by atoms with Crippen molar-refractivity contribution in [1.82, 2.24) is 10.2 Å². The third-order valence-corrected chi connectivity index (χ3v) is 2.66. The van der Waals surface area contributed by atoms with Crippen LogP contribution in [0.5, 0.6) is 0 Å². The Labute approximate surface area is 92.9 Å². The van der Waals surface area contributed by atoms with Crippen LogP contribution in [0.15, 0.2) is 0 Å². The molecule has 0 spiro atoms. The minimum absolute atomic E-state index is 0.397. The molecule has 1 rings (SSSR count). The fourth-order valence-electron chi connectivity index (χ4n) is 1.65. The maximum Gasteiger partial charge on any atom is 0.0712 e. The predicted molar refractivity (Wildman–Crippen MR) is 61.2 cm³/mol. The number of nitrogens with zero attached hydrogens (tertiary/aromatic N) is 1. The smallest absolute Gasteiger partial charge is 0.0712 e. The van der Waals surface area contributed by atoms with E-state index >= 15 is 0 Å². The van der Waals surface area contributed by atoms with Gasteiger partial charge in [-0.15, -0.1) is 0 Å². The van der Waals surface area contributed by atoms with E-state index in [9.17, 15) is 0 Å². The van der Waals surface area contributed by atoms with Crippen LogP contribution in [0.4, 0.5) is 0 Å². The van der Waals surface area contributed by atoms with Gasteiger partial charge in [-0.05, 0) is 20.4 Å². The van der Waals surface area contributed by atoms with Crippen LogP contribution in [-0.4, -0.2) is 64.1 Å². The zero-order valence-electron chi connectivity index (χ0n) is 10.00. The van der Waals surface area contributed by atoms with E-state index in [4.69, 9.17) is 9.47 Å². The molecule has 0 radical (unpaired) electrons. The molecule has 0 aromatic carbocycles. The second-order valence-corrected chi connectivity index (χ2v) is 3.99. The maximum absolute atomic E-state index is 5.63. The van der Waals surface area contributed by atoms with Gasteiger partial charge in [0.1, 0.15) is 0 Å². The van der Waals surface area contributed by atoms with E-state index in [1.54, 1.807) is 0 Å². The molecule has 4 nitrogen and oxygen atoms in total. The van der Waals surface area contributed by atoms with Gasteiger partial charge in [0.25, 0.3) is 0 Å². The molecule has 0 bridgehead atoms. The van der Waals surface area contributed by atoms with E-state index < -0.39 is 0 Å². The summed E-state index contributed by atoms with van der Waals surface area (Å²) in [5, 5.41) is 3.34. The lowest BCUT2D eigenvalue weighted by Gasteiger charge is -2.25. The van der Waals surface area contributed by atoms with Crippen LogP contribution in [0, 0.1) is 0 Å². The number of rotatable bonds is 7. The predicted octanol–water partition coefficient (Wildman–Crippen LogP) is 0.333. The summed E-state index contributed by atoms with van der Waals surface area (Å²) < 4.78 is 10.9. The fourth-order valence-corrected chi connectivity index (χ4v) is 1.65. The van der Waals surface area contributed by atoms with Crippen molar-refractivity contribution in [3.63, 3.8) is 0 Å². The average Bonchev–Trinajstić information content (AvgIpc) is 2.28. The molecule has 0 saturated carbocycles. The summed E-state index contributed by atoms with van der Waals surface area (Å²) in [5.74, 6) is 0. The third-order valence-electron chi connectivity index (χ3n) is 2.66. The minimum Gasteiger partial charge on any atom is -0.380 e. The van der Waals surface area contributed by atoms with Gasteiger partial charge in [-0.25, -0.2) is 0 Å². The highest BCUT2D eigenvalue weighted by Crippen LogP contribution is 2.02. The summed E-state index contributed by atoms with van der Waals surface area (Å²) in [5.41, 5.74) is 0. The topological polar surface area (TPSA) is 33.7 Å². The molecule has 15 heavy (non-hydrogen) atoms. The second kappa shape index (κ2) is 8.05. The number of likely N-dealkylation sites (N-methyl/N-ethyl adjacent to an activating group) is 1. The largest absolute Gasteiger partial charge is 0.380 e. The lowest BCUT2D eigenvalue weighted by atomic mass is 10.2. The molecule has 0 aliphatic carbocycles. The first-order valence-corrected chi connectivity index (χ1v) is 5.91. The Morgan fingerprint density at radius 3 is 3.00 bits per heavy atom. The number of ether oxygens (including phenoxy) is 2. The summed E-state index contributed by atoms with van der Waals surface area (Å²) in [6.07, 6.45) is 1.50. The molecule has 1 saturated heterocycles. The molecule has 1 fully saturated rings.